The van der Waals surface area contributed by atoms with Crippen molar-refractivity contribution in [1.29, 1.82) is 0 Å². The quantitative estimate of drug-likeness (QED) is 0.875. The molecule has 104 valence electrons. The third-order valence-electron chi connectivity index (χ3n) is 2.99. The number of rotatable bonds is 5. The van der Waals surface area contributed by atoms with E-state index in [0.29, 0.717) is 6.42 Å². The van der Waals surface area contributed by atoms with Crippen molar-refractivity contribution >= 4 is 11.6 Å². The molecule has 0 bridgehead atoms. The van der Waals surface area contributed by atoms with E-state index >= 15 is 0 Å². The van der Waals surface area contributed by atoms with Crippen LogP contribution in [0.15, 0.2) is 54.6 Å². The minimum absolute atomic E-state index is 0.188. The standard InChI is InChI=1S/C16H18N2O2/c1-20-14-9-7-12(8-10-14)11-15(17)16(19)18-13-5-3-2-4-6-13/h2-10,15H,11,17H2,1H3,(H,18,19)/t15-/m0/s1. The monoisotopic (exact) mass is 270 g/mol. The highest BCUT2D eigenvalue weighted by Gasteiger charge is 2.14. The third kappa shape index (κ3) is 3.83. The minimum Gasteiger partial charge on any atom is -0.497 e. The van der Waals surface area contributed by atoms with Gasteiger partial charge in [-0.25, -0.2) is 0 Å². The lowest BCUT2D eigenvalue weighted by atomic mass is 10.1. The molecule has 2 aromatic carbocycles. The average molecular weight is 270 g/mol. The molecule has 1 atom stereocenters. The molecule has 0 spiro atoms. The number of nitrogens with one attached hydrogen (secondary N) is 1. The lowest BCUT2D eigenvalue weighted by molar-refractivity contribution is -0.117. The molecule has 0 heterocycles. The summed E-state index contributed by atoms with van der Waals surface area (Å²) >= 11 is 0. The summed E-state index contributed by atoms with van der Waals surface area (Å²) in [6.45, 7) is 0. The van der Waals surface area contributed by atoms with Gasteiger partial charge in [-0.1, -0.05) is 30.3 Å². The highest BCUT2D eigenvalue weighted by atomic mass is 16.5. The first-order chi connectivity index (χ1) is 9.69. The van der Waals surface area contributed by atoms with Crippen molar-refractivity contribution in [3.05, 3.63) is 60.2 Å². The second-order valence-corrected chi connectivity index (χ2v) is 4.51. The van der Waals surface area contributed by atoms with Crippen LogP contribution in [0.2, 0.25) is 0 Å². The number of hydrogen-bond acceptors (Lipinski definition) is 3. The van der Waals surface area contributed by atoms with E-state index in [1.54, 1.807) is 7.11 Å². The van der Waals surface area contributed by atoms with Gasteiger partial charge in [0.15, 0.2) is 0 Å². The first kappa shape index (κ1) is 14.1. The van der Waals surface area contributed by atoms with E-state index in [2.05, 4.69) is 5.32 Å². The summed E-state index contributed by atoms with van der Waals surface area (Å²) in [5, 5.41) is 2.80. The molecule has 3 N–H and O–H groups in total. The molecule has 0 aliphatic rings. The summed E-state index contributed by atoms with van der Waals surface area (Å²) < 4.78 is 5.09. The van der Waals surface area contributed by atoms with E-state index in [-0.39, 0.29) is 5.91 Å². The number of amides is 1. The number of hydrogen-bond donors (Lipinski definition) is 2. The van der Waals surface area contributed by atoms with Crippen LogP contribution in [0.5, 0.6) is 5.75 Å². The number of carbonyl (C=O) groups is 1. The molecule has 20 heavy (non-hydrogen) atoms. The van der Waals surface area contributed by atoms with Gasteiger partial charge in [0.2, 0.25) is 5.91 Å². The zero-order chi connectivity index (χ0) is 14.4. The van der Waals surface area contributed by atoms with Crippen LogP contribution in [0.25, 0.3) is 0 Å². The van der Waals surface area contributed by atoms with Crippen molar-refractivity contribution in [2.45, 2.75) is 12.5 Å². The van der Waals surface area contributed by atoms with Crippen molar-refractivity contribution in [3.63, 3.8) is 0 Å². The molecule has 2 rings (SSSR count). The Morgan fingerprint density at radius 2 is 1.80 bits per heavy atom. The van der Waals surface area contributed by atoms with Crippen molar-refractivity contribution in [2.75, 3.05) is 12.4 Å². The van der Waals surface area contributed by atoms with Gasteiger partial charge < -0.3 is 15.8 Å². The minimum atomic E-state index is -0.580. The number of nitrogens with two attached hydrogens (primary N) is 1. The Balaban J connectivity index is 1.93. The molecule has 0 fully saturated rings. The summed E-state index contributed by atoms with van der Waals surface area (Å²) in [6, 6.07) is 16.2. The van der Waals surface area contributed by atoms with Gasteiger partial charge in [0.1, 0.15) is 5.75 Å². The highest BCUT2D eigenvalue weighted by molar-refractivity contribution is 5.94. The molecule has 0 unspecified atom stereocenters. The maximum atomic E-state index is 12.0. The highest BCUT2D eigenvalue weighted by Crippen LogP contribution is 2.13. The van der Waals surface area contributed by atoms with E-state index in [0.717, 1.165) is 17.0 Å². The molecule has 0 radical (unpaired) electrons. The topological polar surface area (TPSA) is 64.3 Å². The van der Waals surface area contributed by atoms with Gasteiger partial charge in [-0.2, -0.15) is 0 Å². The smallest absolute Gasteiger partial charge is 0.241 e. The molecule has 0 saturated carbocycles. The maximum Gasteiger partial charge on any atom is 0.241 e. The van der Waals surface area contributed by atoms with E-state index in [9.17, 15) is 4.79 Å². The Labute approximate surface area is 118 Å². The summed E-state index contributed by atoms with van der Waals surface area (Å²) in [7, 11) is 1.62. The molecular formula is C16H18N2O2. The largest absolute Gasteiger partial charge is 0.497 e. The zero-order valence-electron chi connectivity index (χ0n) is 11.4. The van der Waals surface area contributed by atoms with Gasteiger partial charge in [-0.3, -0.25) is 4.79 Å². The fraction of sp³-hybridized carbons (Fsp3) is 0.188. The molecule has 4 nitrogen and oxygen atoms in total. The molecule has 4 heteroatoms. The normalized spacial score (nSPS) is 11.7. The fourth-order valence-corrected chi connectivity index (χ4v) is 1.86. The Morgan fingerprint density at radius 3 is 2.40 bits per heavy atom. The van der Waals surface area contributed by atoms with Crippen molar-refractivity contribution < 1.29 is 9.53 Å². The zero-order valence-corrected chi connectivity index (χ0v) is 11.4. The van der Waals surface area contributed by atoms with E-state index in [1.807, 2.05) is 54.6 Å². The predicted molar refractivity (Wildman–Crippen MR) is 79.7 cm³/mol. The molecule has 0 saturated heterocycles. The van der Waals surface area contributed by atoms with Crippen LogP contribution >= 0.6 is 0 Å². The molecule has 0 aromatic heterocycles. The van der Waals surface area contributed by atoms with Crippen LogP contribution in [0.4, 0.5) is 5.69 Å². The summed E-state index contributed by atoms with van der Waals surface area (Å²) in [5.74, 6) is 0.600. The first-order valence-corrected chi connectivity index (χ1v) is 6.43. The lowest BCUT2D eigenvalue weighted by Crippen LogP contribution is -2.37. The molecule has 0 aliphatic carbocycles. The SMILES string of the molecule is COc1ccc(C[C@H](N)C(=O)Nc2ccccc2)cc1. The lowest BCUT2D eigenvalue weighted by Gasteiger charge is -2.12. The number of anilines is 1. The van der Waals surface area contributed by atoms with Crippen LogP contribution in [-0.2, 0) is 11.2 Å². The van der Waals surface area contributed by atoms with Crippen molar-refractivity contribution in [1.82, 2.24) is 0 Å². The number of benzene rings is 2. The van der Waals surface area contributed by atoms with Crippen LogP contribution in [-0.4, -0.2) is 19.1 Å². The second kappa shape index (κ2) is 6.73. The Kier molecular flexibility index (Phi) is 4.74. The summed E-state index contributed by atoms with van der Waals surface area (Å²) in [4.78, 5) is 12.0. The van der Waals surface area contributed by atoms with Crippen molar-refractivity contribution in [2.24, 2.45) is 5.73 Å². The van der Waals surface area contributed by atoms with Gasteiger partial charge in [-0.15, -0.1) is 0 Å². The van der Waals surface area contributed by atoms with Gasteiger partial charge in [0.05, 0.1) is 13.2 Å². The summed E-state index contributed by atoms with van der Waals surface area (Å²) in [5.41, 5.74) is 7.68. The van der Waals surface area contributed by atoms with E-state index < -0.39 is 6.04 Å². The number of methoxy groups -OCH3 is 1. The Hall–Kier alpha value is -2.33. The fourth-order valence-electron chi connectivity index (χ4n) is 1.86. The third-order valence-corrected chi connectivity index (χ3v) is 2.99. The van der Waals surface area contributed by atoms with Gasteiger partial charge in [-0.05, 0) is 36.2 Å². The summed E-state index contributed by atoms with van der Waals surface area (Å²) in [6.07, 6.45) is 0.489. The Bertz CT molecular complexity index is 552. The molecule has 0 aliphatic heterocycles. The Morgan fingerprint density at radius 1 is 1.15 bits per heavy atom. The van der Waals surface area contributed by atoms with E-state index in [4.69, 9.17) is 10.5 Å². The number of para-hydroxylation sites is 1. The van der Waals surface area contributed by atoms with Gasteiger partial charge in [0.25, 0.3) is 0 Å². The molecular weight excluding hydrogens is 252 g/mol. The van der Waals surface area contributed by atoms with Crippen LogP contribution in [0.3, 0.4) is 0 Å². The van der Waals surface area contributed by atoms with Gasteiger partial charge >= 0.3 is 0 Å². The van der Waals surface area contributed by atoms with Crippen LogP contribution in [0, 0.1) is 0 Å². The molecule has 2 aromatic rings. The first-order valence-electron chi connectivity index (χ1n) is 6.43. The number of carbonyl (C=O) groups excluding carboxylic acids is 1. The van der Waals surface area contributed by atoms with Crippen molar-refractivity contribution in [3.8, 4) is 5.75 Å². The maximum absolute atomic E-state index is 12.0. The van der Waals surface area contributed by atoms with E-state index in [1.165, 1.54) is 0 Å². The average Bonchev–Trinajstić information content (AvgIpc) is 2.49. The molecule has 1 amide bonds. The van der Waals surface area contributed by atoms with Crippen LogP contribution in [0.1, 0.15) is 5.56 Å². The second-order valence-electron chi connectivity index (χ2n) is 4.51. The predicted octanol–water partition coefficient (Wildman–Crippen LogP) is 2.20. The van der Waals surface area contributed by atoms with Gasteiger partial charge in [0, 0.05) is 5.69 Å². The number of ether oxygens (including phenoxy) is 1. The van der Waals surface area contributed by atoms with Crippen LogP contribution < -0.4 is 15.8 Å².